The molecule has 0 bridgehead atoms. The number of hydrogen-bond donors (Lipinski definition) is 1. The maximum Gasteiger partial charge on any atom is 0.229 e. The maximum absolute atomic E-state index is 6.05. The molecule has 1 aliphatic carbocycles. The van der Waals surface area contributed by atoms with Gasteiger partial charge < -0.3 is 15.0 Å². The van der Waals surface area contributed by atoms with Crippen LogP contribution in [0.4, 0.5) is 0 Å². The molecule has 0 radical (unpaired) electrons. The molecule has 0 amide bonds. The Morgan fingerprint density at radius 2 is 2.33 bits per heavy atom. The zero-order chi connectivity index (χ0) is 10.9. The van der Waals surface area contributed by atoms with Gasteiger partial charge in [-0.25, -0.2) is 0 Å². The Morgan fingerprint density at radius 1 is 1.60 bits per heavy atom. The van der Waals surface area contributed by atoms with E-state index in [9.17, 15) is 0 Å². The molecule has 0 saturated heterocycles. The van der Waals surface area contributed by atoms with Gasteiger partial charge in [0, 0.05) is 12.5 Å². The van der Waals surface area contributed by atoms with Crippen LogP contribution in [-0.2, 0) is 10.3 Å². The molecule has 5 heteroatoms. The van der Waals surface area contributed by atoms with Crippen LogP contribution in [0.2, 0.25) is 0 Å². The Kier molecular flexibility index (Phi) is 2.75. The highest BCUT2D eigenvalue weighted by molar-refractivity contribution is 5.07. The first-order valence-corrected chi connectivity index (χ1v) is 5.34. The fraction of sp³-hybridized carbons (Fsp3) is 0.800. The summed E-state index contributed by atoms with van der Waals surface area (Å²) in [5.41, 5.74) is 5.39. The smallest absolute Gasteiger partial charge is 0.229 e. The summed E-state index contributed by atoms with van der Waals surface area (Å²) in [6, 6.07) is 0. The molecule has 2 N–H and O–H groups in total. The van der Waals surface area contributed by atoms with Gasteiger partial charge in [0.05, 0.1) is 6.61 Å². The average molecular weight is 211 g/mol. The van der Waals surface area contributed by atoms with Crippen molar-refractivity contribution in [3.63, 3.8) is 0 Å². The summed E-state index contributed by atoms with van der Waals surface area (Å²) in [7, 11) is 0. The second-order valence-electron chi connectivity index (χ2n) is 4.29. The number of hydrogen-bond acceptors (Lipinski definition) is 5. The monoisotopic (exact) mass is 211 g/mol. The third kappa shape index (κ3) is 2.35. The number of ether oxygens (including phenoxy) is 1. The van der Waals surface area contributed by atoms with Crippen LogP contribution < -0.4 is 5.73 Å². The lowest BCUT2D eigenvalue weighted by atomic mass is 10.1. The largest absolute Gasteiger partial charge is 0.379 e. The highest BCUT2D eigenvalue weighted by atomic mass is 16.5. The van der Waals surface area contributed by atoms with E-state index in [2.05, 4.69) is 10.1 Å². The van der Waals surface area contributed by atoms with Gasteiger partial charge in [-0.1, -0.05) is 5.16 Å². The molecular weight excluding hydrogens is 194 g/mol. The molecule has 1 unspecified atom stereocenters. The van der Waals surface area contributed by atoms with Gasteiger partial charge in [-0.15, -0.1) is 0 Å². The van der Waals surface area contributed by atoms with Crippen molar-refractivity contribution in [2.75, 3.05) is 13.2 Å². The van der Waals surface area contributed by atoms with E-state index < -0.39 is 5.54 Å². The highest BCUT2D eigenvalue weighted by Crippen LogP contribution is 2.39. The predicted octanol–water partition coefficient (Wildman–Crippen LogP) is 1.16. The van der Waals surface area contributed by atoms with Crippen molar-refractivity contribution in [3.05, 3.63) is 11.7 Å². The molecular formula is C10H17N3O2. The molecule has 0 aromatic carbocycles. The van der Waals surface area contributed by atoms with Gasteiger partial charge in [0.1, 0.15) is 5.54 Å². The third-order valence-electron chi connectivity index (χ3n) is 2.49. The van der Waals surface area contributed by atoms with E-state index >= 15 is 0 Å². The molecule has 0 spiro atoms. The van der Waals surface area contributed by atoms with E-state index in [0.29, 0.717) is 25.0 Å². The van der Waals surface area contributed by atoms with Crippen LogP contribution in [0.25, 0.3) is 0 Å². The molecule has 1 fully saturated rings. The van der Waals surface area contributed by atoms with E-state index in [4.69, 9.17) is 15.0 Å². The summed E-state index contributed by atoms with van der Waals surface area (Å²) >= 11 is 0. The van der Waals surface area contributed by atoms with E-state index in [1.807, 2.05) is 13.8 Å². The van der Waals surface area contributed by atoms with Crippen molar-refractivity contribution >= 4 is 0 Å². The summed E-state index contributed by atoms with van der Waals surface area (Å²) < 4.78 is 10.4. The molecule has 1 heterocycles. The fourth-order valence-corrected chi connectivity index (χ4v) is 1.34. The van der Waals surface area contributed by atoms with Crippen LogP contribution in [0.5, 0.6) is 0 Å². The SMILES string of the molecule is CCOCC(C)(N)c1noc(C2CC2)n1. The van der Waals surface area contributed by atoms with E-state index in [-0.39, 0.29) is 0 Å². The Morgan fingerprint density at radius 3 is 2.93 bits per heavy atom. The van der Waals surface area contributed by atoms with Crippen LogP contribution in [0, 0.1) is 0 Å². The van der Waals surface area contributed by atoms with Gasteiger partial charge in [0.15, 0.2) is 5.82 Å². The molecule has 1 aliphatic rings. The molecule has 15 heavy (non-hydrogen) atoms. The lowest BCUT2D eigenvalue weighted by molar-refractivity contribution is 0.0962. The number of nitrogens with zero attached hydrogens (tertiary/aromatic N) is 2. The first-order valence-electron chi connectivity index (χ1n) is 5.34. The average Bonchev–Trinajstić information content (AvgIpc) is 2.93. The summed E-state index contributed by atoms with van der Waals surface area (Å²) in [5, 5.41) is 3.91. The highest BCUT2D eigenvalue weighted by Gasteiger charge is 2.33. The lowest BCUT2D eigenvalue weighted by Crippen LogP contribution is -2.39. The van der Waals surface area contributed by atoms with Crippen LogP contribution >= 0.6 is 0 Å². The minimum atomic E-state index is -0.660. The fourth-order valence-electron chi connectivity index (χ4n) is 1.34. The van der Waals surface area contributed by atoms with Crippen molar-refractivity contribution in [1.82, 2.24) is 10.1 Å². The topological polar surface area (TPSA) is 74.2 Å². The number of aromatic nitrogens is 2. The van der Waals surface area contributed by atoms with E-state index in [1.54, 1.807) is 0 Å². The molecule has 84 valence electrons. The predicted molar refractivity (Wildman–Crippen MR) is 54.3 cm³/mol. The van der Waals surface area contributed by atoms with Gasteiger partial charge in [0.2, 0.25) is 5.89 Å². The van der Waals surface area contributed by atoms with Crippen molar-refractivity contribution < 1.29 is 9.26 Å². The van der Waals surface area contributed by atoms with Gasteiger partial charge in [-0.05, 0) is 26.7 Å². The van der Waals surface area contributed by atoms with Crippen molar-refractivity contribution in [1.29, 1.82) is 0 Å². The molecule has 1 aromatic heterocycles. The Hall–Kier alpha value is -0.940. The molecule has 0 aliphatic heterocycles. The zero-order valence-corrected chi connectivity index (χ0v) is 9.19. The van der Waals surface area contributed by atoms with Crippen LogP contribution in [0.1, 0.15) is 44.3 Å². The summed E-state index contributed by atoms with van der Waals surface area (Å²) in [4.78, 5) is 4.31. The summed E-state index contributed by atoms with van der Waals surface area (Å²) in [5.74, 6) is 1.73. The number of nitrogens with two attached hydrogens (primary N) is 1. The molecule has 1 saturated carbocycles. The van der Waals surface area contributed by atoms with Crippen molar-refractivity contribution in [2.24, 2.45) is 5.73 Å². The maximum atomic E-state index is 6.05. The summed E-state index contributed by atoms with van der Waals surface area (Å²) in [6.45, 7) is 4.83. The molecule has 1 aromatic rings. The molecule has 2 rings (SSSR count). The zero-order valence-electron chi connectivity index (χ0n) is 9.19. The van der Waals surface area contributed by atoms with Crippen molar-refractivity contribution in [2.45, 2.75) is 38.1 Å². The van der Waals surface area contributed by atoms with E-state index in [0.717, 1.165) is 18.7 Å². The Labute approximate surface area is 89.0 Å². The summed E-state index contributed by atoms with van der Waals surface area (Å²) in [6.07, 6.45) is 2.29. The first kappa shape index (κ1) is 10.6. The third-order valence-corrected chi connectivity index (χ3v) is 2.49. The van der Waals surface area contributed by atoms with Gasteiger partial charge in [-0.2, -0.15) is 4.98 Å². The minimum Gasteiger partial charge on any atom is -0.379 e. The minimum absolute atomic E-state index is 0.410. The quantitative estimate of drug-likeness (QED) is 0.791. The normalized spacial score (nSPS) is 20.2. The molecule has 1 atom stereocenters. The second kappa shape index (κ2) is 3.90. The second-order valence-corrected chi connectivity index (χ2v) is 4.29. The number of rotatable bonds is 5. The Balaban J connectivity index is 2.05. The Bertz CT molecular complexity index is 331. The molecule has 5 nitrogen and oxygen atoms in total. The van der Waals surface area contributed by atoms with Gasteiger partial charge >= 0.3 is 0 Å². The standard InChI is InChI=1S/C10H17N3O2/c1-3-14-6-10(2,11)9-12-8(15-13-9)7-4-5-7/h7H,3-6,11H2,1-2H3. The van der Waals surface area contributed by atoms with Crippen molar-refractivity contribution in [3.8, 4) is 0 Å². The van der Waals surface area contributed by atoms with Gasteiger partial charge in [-0.3, -0.25) is 0 Å². The van der Waals surface area contributed by atoms with Crippen LogP contribution in [0.3, 0.4) is 0 Å². The van der Waals surface area contributed by atoms with E-state index in [1.165, 1.54) is 0 Å². The van der Waals surface area contributed by atoms with Gasteiger partial charge in [0.25, 0.3) is 0 Å². The van der Waals surface area contributed by atoms with Crippen LogP contribution in [0.15, 0.2) is 4.52 Å². The first-order chi connectivity index (χ1) is 7.13. The van der Waals surface area contributed by atoms with Crippen LogP contribution in [-0.4, -0.2) is 23.4 Å². The lowest BCUT2D eigenvalue weighted by Gasteiger charge is -2.19.